The van der Waals surface area contributed by atoms with Crippen LogP contribution < -0.4 is 0 Å². The van der Waals surface area contributed by atoms with E-state index in [1.807, 2.05) is 13.0 Å². The fraction of sp³-hybridized carbons (Fsp3) is 0.231. The fourth-order valence-corrected chi connectivity index (χ4v) is 1.59. The number of benzene rings is 1. The third-order valence-electron chi connectivity index (χ3n) is 2.48. The van der Waals surface area contributed by atoms with E-state index in [9.17, 15) is 0 Å². The van der Waals surface area contributed by atoms with Gasteiger partial charge in [0.1, 0.15) is 0 Å². The van der Waals surface area contributed by atoms with Gasteiger partial charge in [-0.15, -0.1) is 0 Å². The molecule has 0 N–H and O–H groups in total. The lowest BCUT2D eigenvalue weighted by atomic mass is 10.1. The van der Waals surface area contributed by atoms with Crippen molar-refractivity contribution >= 4 is 0 Å². The molecule has 0 amide bonds. The van der Waals surface area contributed by atoms with Crippen LogP contribution in [-0.2, 0) is 12.8 Å². The van der Waals surface area contributed by atoms with Gasteiger partial charge in [-0.05, 0) is 25.3 Å². The second kappa shape index (κ2) is 4.69. The highest BCUT2D eigenvalue weighted by atomic mass is 14.8. The molecule has 0 aliphatic carbocycles. The van der Waals surface area contributed by atoms with Crippen LogP contribution in [0, 0.1) is 6.92 Å². The molecule has 2 nitrogen and oxygen atoms in total. The minimum Gasteiger partial charge on any atom is -0.258 e. The van der Waals surface area contributed by atoms with Crippen LogP contribution in [0.4, 0.5) is 0 Å². The molecule has 1 aromatic carbocycles. The molecule has 2 rings (SSSR count). The lowest BCUT2D eigenvalue weighted by molar-refractivity contribution is 0.877. The molecule has 0 unspecified atom stereocenters. The number of aromatic nitrogens is 2. The third kappa shape index (κ3) is 2.62. The van der Waals surface area contributed by atoms with Gasteiger partial charge in [0.15, 0.2) is 0 Å². The molecule has 0 saturated heterocycles. The van der Waals surface area contributed by atoms with Gasteiger partial charge in [0.25, 0.3) is 0 Å². The molecule has 0 aliphatic heterocycles. The third-order valence-corrected chi connectivity index (χ3v) is 2.48. The lowest BCUT2D eigenvalue weighted by Crippen LogP contribution is -1.98. The van der Waals surface area contributed by atoms with Gasteiger partial charge in [0.2, 0.25) is 0 Å². The lowest BCUT2D eigenvalue weighted by Gasteiger charge is -2.03. The van der Waals surface area contributed by atoms with E-state index in [1.54, 1.807) is 12.4 Å². The van der Waals surface area contributed by atoms with E-state index in [1.165, 1.54) is 5.56 Å². The molecule has 0 radical (unpaired) electrons. The Morgan fingerprint density at radius 2 is 1.67 bits per heavy atom. The minimum atomic E-state index is 0.962. The van der Waals surface area contributed by atoms with E-state index < -0.39 is 0 Å². The normalized spacial score (nSPS) is 10.2. The van der Waals surface area contributed by atoms with E-state index >= 15 is 0 Å². The Bertz CT molecular complexity index is 424. The van der Waals surface area contributed by atoms with Crippen LogP contribution in [0.1, 0.15) is 17.0 Å². The zero-order valence-electron chi connectivity index (χ0n) is 8.85. The zero-order chi connectivity index (χ0) is 10.5. The average molecular weight is 198 g/mol. The SMILES string of the molecule is Cc1nccnc1CCc1ccccc1. The van der Waals surface area contributed by atoms with Crippen LogP contribution in [0.25, 0.3) is 0 Å². The van der Waals surface area contributed by atoms with Crippen molar-refractivity contribution in [1.29, 1.82) is 0 Å². The first kappa shape index (κ1) is 9.84. The van der Waals surface area contributed by atoms with Crippen molar-refractivity contribution in [2.24, 2.45) is 0 Å². The monoisotopic (exact) mass is 198 g/mol. The zero-order valence-corrected chi connectivity index (χ0v) is 8.85. The van der Waals surface area contributed by atoms with Crippen LogP contribution in [0.2, 0.25) is 0 Å². The second-order valence-electron chi connectivity index (χ2n) is 3.57. The van der Waals surface area contributed by atoms with Gasteiger partial charge in [-0.3, -0.25) is 9.97 Å². The van der Waals surface area contributed by atoms with Crippen molar-refractivity contribution < 1.29 is 0 Å². The van der Waals surface area contributed by atoms with E-state index in [2.05, 4.69) is 34.2 Å². The molecule has 1 heterocycles. The molecule has 15 heavy (non-hydrogen) atoms. The largest absolute Gasteiger partial charge is 0.258 e. The minimum absolute atomic E-state index is 0.962. The molecule has 0 aliphatic rings. The summed E-state index contributed by atoms with van der Waals surface area (Å²) >= 11 is 0. The van der Waals surface area contributed by atoms with E-state index in [0.717, 1.165) is 24.2 Å². The van der Waals surface area contributed by atoms with Crippen LogP contribution >= 0.6 is 0 Å². The predicted octanol–water partition coefficient (Wildman–Crippen LogP) is 2.57. The highest BCUT2D eigenvalue weighted by molar-refractivity contribution is 5.17. The molecule has 76 valence electrons. The van der Waals surface area contributed by atoms with Crippen LogP contribution in [0.15, 0.2) is 42.7 Å². The summed E-state index contributed by atoms with van der Waals surface area (Å²) in [6.45, 7) is 2.01. The van der Waals surface area contributed by atoms with Crippen molar-refractivity contribution in [1.82, 2.24) is 9.97 Å². The standard InChI is InChI=1S/C13H14N2/c1-11-13(15-10-9-14-11)8-7-12-5-3-2-4-6-12/h2-6,9-10H,7-8H2,1H3. The topological polar surface area (TPSA) is 25.8 Å². The summed E-state index contributed by atoms with van der Waals surface area (Å²) in [4.78, 5) is 8.56. The van der Waals surface area contributed by atoms with Gasteiger partial charge in [0, 0.05) is 12.4 Å². The molecule has 2 aromatic rings. The number of aryl methyl sites for hydroxylation is 3. The van der Waals surface area contributed by atoms with Gasteiger partial charge < -0.3 is 0 Å². The summed E-state index contributed by atoms with van der Waals surface area (Å²) in [5, 5.41) is 0. The van der Waals surface area contributed by atoms with Crippen LogP contribution in [-0.4, -0.2) is 9.97 Å². The Hall–Kier alpha value is -1.70. The van der Waals surface area contributed by atoms with Gasteiger partial charge in [0.05, 0.1) is 11.4 Å². The van der Waals surface area contributed by atoms with E-state index in [-0.39, 0.29) is 0 Å². The quantitative estimate of drug-likeness (QED) is 0.757. The maximum Gasteiger partial charge on any atom is 0.0619 e. The van der Waals surface area contributed by atoms with Crippen molar-refractivity contribution in [3.63, 3.8) is 0 Å². The molecule has 0 atom stereocenters. The predicted molar refractivity (Wildman–Crippen MR) is 60.6 cm³/mol. The average Bonchev–Trinajstić information content (AvgIpc) is 2.29. The van der Waals surface area contributed by atoms with E-state index in [4.69, 9.17) is 0 Å². The van der Waals surface area contributed by atoms with Crippen LogP contribution in [0.5, 0.6) is 0 Å². The fourth-order valence-electron chi connectivity index (χ4n) is 1.59. The molecular formula is C13H14N2. The van der Waals surface area contributed by atoms with Gasteiger partial charge in [-0.2, -0.15) is 0 Å². The summed E-state index contributed by atoms with van der Waals surface area (Å²) in [6, 6.07) is 10.5. The summed E-state index contributed by atoms with van der Waals surface area (Å²) in [5.74, 6) is 0. The number of rotatable bonds is 3. The van der Waals surface area contributed by atoms with Crippen molar-refractivity contribution in [3.05, 3.63) is 59.7 Å². The molecular weight excluding hydrogens is 184 g/mol. The number of hydrogen-bond donors (Lipinski definition) is 0. The maximum atomic E-state index is 4.33. The highest BCUT2D eigenvalue weighted by Gasteiger charge is 2.00. The summed E-state index contributed by atoms with van der Waals surface area (Å²) < 4.78 is 0. The molecule has 0 spiro atoms. The molecule has 2 heteroatoms. The van der Waals surface area contributed by atoms with Gasteiger partial charge >= 0.3 is 0 Å². The molecule has 0 saturated carbocycles. The molecule has 1 aromatic heterocycles. The Balaban J connectivity index is 2.03. The first-order chi connectivity index (χ1) is 7.36. The highest BCUT2D eigenvalue weighted by Crippen LogP contribution is 2.06. The van der Waals surface area contributed by atoms with Gasteiger partial charge in [-0.1, -0.05) is 30.3 Å². The van der Waals surface area contributed by atoms with E-state index in [0.29, 0.717) is 0 Å². The summed E-state index contributed by atoms with van der Waals surface area (Å²) in [6.07, 6.45) is 5.48. The van der Waals surface area contributed by atoms with Crippen LogP contribution in [0.3, 0.4) is 0 Å². The number of hydrogen-bond acceptors (Lipinski definition) is 2. The smallest absolute Gasteiger partial charge is 0.0619 e. The van der Waals surface area contributed by atoms with Crippen molar-refractivity contribution in [2.75, 3.05) is 0 Å². The molecule has 0 fully saturated rings. The Morgan fingerprint density at radius 1 is 0.933 bits per heavy atom. The maximum absolute atomic E-state index is 4.33. The van der Waals surface area contributed by atoms with Crippen molar-refractivity contribution in [2.45, 2.75) is 19.8 Å². The molecule has 0 bridgehead atoms. The summed E-state index contributed by atoms with van der Waals surface area (Å²) in [5.41, 5.74) is 3.48. The Kier molecular flexibility index (Phi) is 3.08. The number of nitrogens with zero attached hydrogens (tertiary/aromatic N) is 2. The Labute approximate surface area is 90.0 Å². The summed E-state index contributed by atoms with van der Waals surface area (Å²) in [7, 11) is 0. The van der Waals surface area contributed by atoms with Crippen molar-refractivity contribution in [3.8, 4) is 0 Å². The first-order valence-corrected chi connectivity index (χ1v) is 5.16. The second-order valence-corrected chi connectivity index (χ2v) is 3.57. The first-order valence-electron chi connectivity index (χ1n) is 5.16. The Morgan fingerprint density at radius 3 is 2.40 bits per heavy atom. The van der Waals surface area contributed by atoms with Gasteiger partial charge in [-0.25, -0.2) is 0 Å².